The van der Waals surface area contributed by atoms with E-state index < -0.39 is 5.82 Å². The van der Waals surface area contributed by atoms with Crippen LogP contribution < -0.4 is 9.64 Å². The van der Waals surface area contributed by atoms with Crippen molar-refractivity contribution in [2.24, 2.45) is 0 Å². The van der Waals surface area contributed by atoms with E-state index in [1.807, 2.05) is 23.2 Å². The summed E-state index contributed by atoms with van der Waals surface area (Å²) >= 11 is 0. The molecule has 0 bridgehead atoms. The standard InChI is InChI=1S/C19H16FN5O2/c20-16-8-13(9-22-18(16)24-6-3-14(26)4-7-24)25-10-12-11-27-19-15(17(12)23-25)2-1-5-21-19/h1-2,5,8-10H,3-4,6-7,11H2. The van der Waals surface area contributed by atoms with Crippen molar-refractivity contribution in [3.8, 4) is 22.8 Å². The van der Waals surface area contributed by atoms with E-state index in [4.69, 9.17) is 4.74 Å². The number of aromatic nitrogens is 4. The van der Waals surface area contributed by atoms with Crippen LogP contribution in [0, 0.1) is 5.82 Å². The monoisotopic (exact) mass is 365 g/mol. The predicted molar refractivity (Wildman–Crippen MR) is 95.3 cm³/mol. The van der Waals surface area contributed by atoms with Gasteiger partial charge in [0.15, 0.2) is 11.6 Å². The molecule has 0 aliphatic carbocycles. The summed E-state index contributed by atoms with van der Waals surface area (Å²) in [6, 6.07) is 5.15. The number of halogens is 1. The number of nitrogens with zero attached hydrogens (tertiary/aromatic N) is 5. The molecule has 3 aromatic rings. The summed E-state index contributed by atoms with van der Waals surface area (Å²) in [6.45, 7) is 1.37. The van der Waals surface area contributed by atoms with Crippen molar-refractivity contribution in [1.29, 1.82) is 0 Å². The van der Waals surface area contributed by atoms with Gasteiger partial charge >= 0.3 is 0 Å². The number of anilines is 1. The van der Waals surface area contributed by atoms with Crippen molar-refractivity contribution < 1.29 is 13.9 Å². The topological polar surface area (TPSA) is 73.1 Å². The molecule has 27 heavy (non-hydrogen) atoms. The van der Waals surface area contributed by atoms with Crippen LogP contribution in [-0.4, -0.2) is 38.6 Å². The lowest BCUT2D eigenvalue weighted by Crippen LogP contribution is -2.35. The van der Waals surface area contributed by atoms with Crippen LogP contribution in [0.25, 0.3) is 16.9 Å². The zero-order chi connectivity index (χ0) is 18.4. The number of Topliss-reactive ketones (excluding diaryl/α,β-unsaturated/α-hetero) is 1. The molecule has 0 N–H and O–H groups in total. The van der Waals surface area contributed by atoms with Gasteiger partial charge < -0.3 is 9.64 Å². The van der Waals surface area contributed by atoms with Crippen LogP contribution in [0.2, 0.25) is 0 Å². The molecule has 7 nitrogen and oxygen atoms in total. The number of ketones is 1. The first-order valence-electron chi connectivity index (χ1n) is 8.78. The average Bonchev–Trinajstić information content (AvgIpc) is 3.14. The first-order chi connectivity index (χ1) is 13.2. The number of rotatable bonds is 2. The van der Waals surface area contributed by atoms with Gasteiger partial charge in [0.2, 0.25) is 5.88 Å². The minimum atomic E-state index is -0.423. The maximum absolute atomic E-state index is 14.7. The van der Waals surface area contributed by atoms with Crippen LogP contribution in [0.3, 0.4) is 0 Å². The van der Waals surface area contributed by atoms with E-state index in [9.17, 15) is 9.18 Å². The molecule has 0 radical (unpaired) electrons. The van der Waals surface area contributed by atoms with Crippen LogP contribution in [-0.2, 0) is 11.4 Å². The summed E-state index contributed by atoms with van der Waals surface area (Å²) in [5, 5.41) is 4.59. The van der Waals surface area contributed by atoms with Gasteiger partial charge in [0.05, 0.1) is 17.4 Å². The van der Waals surface area contributed by atoms with Gasteiger partial charge in [0, 0.05) is 50.0 Å². The molecule has 0 atom stereocenters. The van der Waals surface area contributed by atoms with Crippen molar-refractivity contribution in [3.63, 3.8) is 0 Å². The van der Waals surface area contributed by atoms with E-state index in [1.165, 1.54) is 6.07 Å². The van der Waals surface area contributed by atoms with Gasteiger partial charge in [-0.05, 0) is 12.1 Å². The van der Waals surface area contributed by atoms with Gasteiger partial charge in [-0.1, -0.05) is 0 Å². The third-order valence-corrected chi connectivity index (χ3v) is 4.87. The largest absolute Gasteiger partial charge is 0.472 e. The smallest absolute Gasteiger partial charge is 0.223 e. The Bertz CT molecular complexity index is 1040. The third kappa shape index (κ3) is 2.73. The molecule has 8 heteroatoms. The molecular formula is C19H16FN5O2. The van der Waals surface area contributed by atoms with Gasteiger partial charge in [-0.3, -0.25) is 4.79 Å². The molecule has 0 saturated carbocycles. The van der Waals surface area contributed by atoms with Gasteiger partial charge in [-0.25, -0.2) is 19.0 Å². The molecule has 5 heterocycles. The van der Waals surface area contributed by atoms with Crippen molar-refractivity contribution >= 4 is 11.6 Å². The zero-order valence-electron chi connectivity index (χ0n) is 14.4. The van der Waals surface area contributed by atoms with Gasteiger partial charge in [0.1, 0.15) is 18.1 Å². The molecule has 5 rings (SSSR count). The number of fused-ring (bicyclic) bond motifs is 3. The third-order valence-electron chi connectivity index (χ3n) is 4.87. The van der Waals surface area contributed by atoms with Gasteiger partial charge in [0.25, 0.3) is 0 Å². The van der Waals surface area contributed by atoms with Crippen LogP contribution >= 0.6 is 0 Å². The molecule has 0 unspecified atom stereocenters. The normalized spacial score (nSPS) is 15.9. The molecule has 0 aromatic carbocycles. The van der Waals surface area contributed by atoms with E-state index in [0.29, 0.717) is 44.1 Å². The Morgan fingerprint density at radius 3 is 2.85 bits per heavy atom. The van der Waals surface area contributed by atoms with Crippen LogP contribution in [0.1, 0.15) is 18.4 Å². The highest BCUT2D eigenvalue weighted by Gasteiger charge is 2.24. The molecular weight excluding hydrogens is 349 g/mol. The Morgan fingerprint density at radius 2 is 2.04 bits per heavy atom. The second kappa shape index (κ2) is 6.15. The fourth-order valence-corrected chi connectivity index (χ4v) is 3.45. The lowest BCUT2D eigenvalue weighted by Gasteiger charge is -2.27. The van der Waals surface area contributed by atoms with Crippen LogP contribution in [0.15, 0.2) is 36.8 Å². The van der Waals surface area contributed by atoms with E-state index in [0.717, 1.165) is 16.8 Å². The minimum Gasteiger partial charge on any atom is -0.472 e. The predicted octanol–water partition coefficient (Wildman–Crippen LogP) is 2.53. The number of hydrogen-bond donors (Lipinski definition) is 0. The van der Waals surface area contributed by atoms with Crippen LogP contribution in [0.5, 0.6) is 5.88 Å². The molecule has 2 aliphatic rings. The highest BCUT2D eigenvalue weighted by atomic mass is 19.1. The molecule has 2 aliphatic heterocycles. The number of carbonyl (C=O) groups excluding carboxylic acids is 1. The summed E-state index contributed by atoms with van der Waals surface area (Å²) in [6.07, 6.45) is 5.96. The number of ether oxygens (including phenoxy) is 1. The quantitative estimate of drug-likeness (QED) is 0.695. The maximum atomic E-state index is 14.7. The van der Waals surface area contributed by atoms with E-state index in [1.54, 1.807) is 17.1 Å². The summed E-state index contributed by atoms with van der Waals surface area (Å²) in [5.74, 6) is 0.617. The van der Waals surface area contributed by atoms with E-state index in [-0.39, 0.29) is 11.6 Å². The lowest BCUT2D eigenvalue weighted by molar-refractivity contribution is -0.119. The molecule has 3 aromatic heterocycles. The fourth-order valence-electron chi connectivity index (χ4n) is 3.45. The number of carbonyl (C=O) groups is 1. The summed E-state index contributed by atoms with van der Waals surface area (Å²) < 4.78 is 21.9. The minimum absolute atomic E-state index is 0.211. The molecule has 0 amide bonds. The average molecular weight is 365 g/mol. The fraction of sp³-hybridized carbons (Fsp3) is 0.263. The first kappa shape index (κ1) is 15.9. The SMILES string of the molecule is O=C1CCN(c2ncc(-n3cc4c(n3)-c3cccnc3OC4)cc2F)CC1. The second-order valence-electron chi connectivity index (χ2n) is 6.62. The molecule has 1 fully saturated rings. The summed E-state index contributed by atoms with van der Waals surface area (Å²) in [4.78, 5) is 21.7. The van der Waals surface area contributed by atoms with E-state index >= 15 is 0 Å². The summed E-state index contributed by atoms with van der Waals surface area (Å²) in [7, 11) is 0. The van der Waals surface area contributed by atoms with Crippen LogP contribution in [0.4, 0.5) is 10.2 Å². The number of piperidine rings is 1. The van der Waals surface area contributed by atoms with Crippen molar-refractivity contribution in [2.45, 2.75) is 19.4 Å². The lowest BCUT2D eigenvalue weighted by atomic mass is 10.1. The molecule has 1 saturated heterocycles. The van der Waals surface area contributed by atoms with Crippen molar-refractivity contribution in [3.05, 3.63) is 48.2 Å². The Hall–Kier alpha value is -3.29. The summed E-state index contributed by atoms with van der Waals surface area (Å²) in [5.41, 5.74) is 3.04. The highest BCUT2D eigenvalue weighted by Crippen LogP contribution is 2.35. The Kier molecular flexibility index (Phi) is 3.63. The highest BCUT2D eigenvalue weighted by molar-refractivity contribution is 5.80. The van der Waals surface area contributed by atoms with Crippen molar-refractivity contribution in [2.75, 3.05) is 18.0 Å². The maximum Gasteiger partial charge on any atom is 0.223 e. The number of hydrogen-bond acceptors (Lipinski definition) is 6. The van der Waals surface area contributed by atoms with E-state index in [2.05, 4.69) is 15.1 Å². The van der Waals surface area contributed by atoms with Crippen molar-refractivity contribution in [1.82, 2.24) is 19.7 Å². The second-order valence-corrected chi connectivity index (χ2v) is 6.62. The molecule has 0 spiro atoms. The molecule has 136 valence electrons. The zero-order valence-corrected chi connectivity index (χ0v) is 14.4. The van der Waals surface area contributed by atoms with Gasteiger partial charge in [-0.2, -0.15) is 5.10 Å². The Labute approximate surface area is 154 Å². The Balaban J connectivity index is 1.47. The number of pyridine rings is 2. The van der Waals surface area contributed by atoms with Gasteiger partial charge in [-0.15, -0.1) is 0 Å². The first-order valence-corrected chi connectivity index (χ1v) is 8.78. The Morgan fingerprint density at radius 1 is 1.19 bits per heavy atom.